The maximum atomic E-state index is 8.00. The molecule has 0 rings (SSSR count). The van der Waals surface area contributed by atoms with E-state index >= 15 is 0 Å². The van der Waals surface area contributed by atoms with Gasteiger partial charge in [-0.15, -0.1) is 0 Å². The number of hydrogen-bond acceptors (Lipinski definition) is 2. The monoisotopic (exact) mass is 297 g/mol. The highest BCUT2D eigenvalue weighted by Crippen LogP contribution is 2.23. The van der Waals surface area contributed by atoms with Gasteiger partial charge in [0.25, 0.3) is 0 Å². The maximum Gasteiger partial charge on any atom is 0.183 e. The average Bonchev–Trinajstić information content (AvgIpc) is 2.46. The summed E-state index contributed by atoms with van der Waals surface area (Å²) < 4.78 is 5.20. The van der Waals surface area contributed by atoms with Crippen molar-refractivity contribution < 1.29 is 4.74 Å². The van der Waals surface area contributed by atoms with Gasteiger partial charge in [0, 0.05) is 5.92 Å². The van der Waals surface area contributed by atoms with Gasteiger partial charge in [0.15, 0.2) is 5.90 Å². The topological polar surface area (TPSA) is 33.1 Å². The SMILES string of the molecule is CCCC(C)CCCCC(CCC(C)CCC)C(=N)OC. The maximum absolute atomic E-state index is 8.00. The fourth-order valence-electron chi connectivity index (χ4n) is 3.22. The molecule has 0 amide bonds. The first-order valence-corrected chi connectivity index (χ1v) is 9.17. The zero-order valence-corrected chi connectivity index (χ0v) is 15.2. The normalized spacial score (nSPS) is 15.5. The van der Waals surface area contributed by atoms with E-state index in [4.69, 9.17) is 10.1 Å². The lowest BCUT2D eigenvalue weighted by atomic mass is 9.89. The molecule has 2 heteroatoms. The van der Waals surface area contributed by atoms with Crippen LogP contribution in [0.3, 0.4) is 0 Å². The zero-order chi connectivity index (χ0) is 16.1. The molecule has 0 aliphatic rings. The number of nitrogens with one attached hydrogen (secondary N) is 1. The van der Waals surface area contributed by atoms with Crippen molar-refractivity contribution in [2.75, 3.05) is 7.11 Å². The molecule has 0 aromatic heterocycles. The molecular weight excluding hydrogens is 258 g/mol. The van der Waals surface area contributed by atoms with Crippen molar-refractivity contribution in [1.29, 1.82) is 5.41 Å². The van der Waals surface area contributed by atoms with Crippen molar-refractivity contribution in [3.8, 4) is 0 Å². The molecule has 0 spiro atoms. The molecule has 21 heavy (non-hydrogen) atoms. The summed E-state index contributed by atoms with van der Waals surface area (Å²) in [5.41, 5.74) is 0. The van der Waals surface area contributed by atoms with E-state index in [1.54, 1.807) is 7.11 Å². The quantitative estimate of drug-likeness (QED) is 0.237. The molecule has 0 aromatic rings. The number of methoxy groups -OCH3 is 1. The van der Waals surface area contributed by atoms with Crippen LogP contribution in [-0.4, -0.2) is 13.0 Å². The van der Waals surface area contributed by atoms with Gasteiger partial charge in [0.05, 0.1) is 7.11 Å². The Bertz CT molecular complexity index is 252. The van der Waals surface area contributed by atoms with E-state index in [1.807, 2.05) is 0 Å². The van der Waals surface area contributed by atoms with E-state index in [-0.39, 0.29) is 0 Å². The standard InChI is InChI=1S/C19H39NO/c1-6-10-16(3)12-8-9-13-18(19(20)21-5)15-14-17(4)11-7-2/h16-18,20H,6-15H2,1-5H3. The third-order valence-electron chi connectivity index (χ3n) is 4.66. The highest BCUT2D eigenvalue weighted by Gasteiger charge is 2.16. The molecule has 0 aliphatic carbocycles. The first kappa shape index (κ1) is 20.5. The van der Waals surface area contributed by atoms with Crippen LogP contribution in [0.2, 0.25) is 0 Å². The van der Waals surface area contributed by atoms with Gasteiger partial charge in [-0.1, -0.05) is 72.6 Å². The molecule has 0 heterocycles. The van der Waals surface area contributed by atoms with Crippen molar-refractivity contribution >= 4 is 5.90 Å². The summed E-state index contributed by atoms with van der Waals surface area (Å²) in [6.45, 7) is 9.22. The first-order chi connectivity index (χ1) is 10.0. The molecule has 3 atom stereocenters. The Labute approximate surface area is 133 Å². The highest BCUT2D eigenvalue weighted by atomic mass is 16.5. The fraction of sp³-hybridized carbons (Fsp3) is 0.947. The van der Waals surface area contributed by atoms with Crippen LogP contribution < -0.4 is 0 Å². The van der Waals surface area contributed by atoms with Gasteiger partial charge >= 0.3 is 0 Å². The van der Waals surface area contributed by atoms with E-state index in [0.717, 1.165) is 24.7 Å². The minimum absolute atomic E-state index is 0.343. The summed E-state index contributed by atoms with van der Waals surface area (Å²) in [6.07, 6.45) is 12.6. The summed E-state index contributed by atoms with van der Waals surface area (Å²) >= 11 is 0. The predicted molar refractivity (Wildman–Crippen MR) is 94.1 cm³/mol. The van der Waals surface area contributed by atoms with Gasteiger partial charge in [0.1, 0.15) is 0 Å². The fourth-order valence-corrected chi connectivity index (χ4v) is 3.22. The smallest absolute Gasteiger partial charge is 0.183 e. The molecule has 0 saturated heterocycles. The molecule has 2 nitrogen and oxygen atoms in total. The van der Waals surface area contributed by atoms with Crippen molar-refractivity contribution in [2.24, 2.45) is 17.8 Å². The minimum atomic E-state index is 0.343. The summed E-state index contributed by atoms with van der Waals surface area (Å²) in [4.78, 5) is 0. The van der Waals surface area contributed by atoms with Crippen molar-refractivity contribution in [2.45, 2.75) is 91.9 Å². The first-order valence-electron chi connectivity index (χ1n) is 9.17. The van der Waals surface area contributed by atoms with Crippen LogP contribution in [0.1, 0.15) is 91.9 Å². The number of ether oxygens (including phenoxy) is 1. The Hall–Kier alpha value is -0.530. The Morgan fingerprint density at radius 1 is 0.810 bits per heavy atom. The molecule has 0 bridgehead atoms. The highest BCUT2D eigenvalue weighted by molar-refractivity contribution is 5.75. The number of unbranched alkanes of at least 4 members (excludes halogenated alkanes) is 1. The molecule has 0 aromatic carbocycles. The second-order valence-electron chi connectivity index (χ2n) is 6.91. The van der Waals surface area contributed by atoms with E-state index in [0.29, 0.717) is 11.8 Å². The van der Waals surface area contributed by atoms with Crippen molar-refractivity contribution in [3.63, 3.8) is 0 Å². The van der Waals surface area contributed by atoms with Crippen LogP contribution in [0.15, 0.2) is 0 Å². The molecule has 126 valence electrons. The second kappa shape index (κ2) is 13.2. The van der Waals surface area contributed by atoms with Crippen LogP contribution >= 0.6 is 0 Å². The number of rotatable bonds is 13. The van der Waals surface area contributed by atoms with E-state index in [2.05, 4.69) is 27.7 Å². The van der Waals surface area contributed by atoms with E-state index < -0.39 is 0 Å². The summed E-state index contributed by atoms with van der Waals surface area (Å²) in [5, 5.41) is 8.00. The Morgan fingerprint density at radius 2 is 1.33 bits per heavy atom. The molecule has 0 fully saturated rings. The third-order valence-corrected chi connectivity index (χ3v) is 4.66. The van der Waals surface area contributed by atoms with Gasteiger partial charge in [-0.25, -0.2) is 0 Å². The molecule has 3 unspecified atom stereocenters. The average molecular weight is 298 g/mol. The third kappa shape index (κ3) is 10.8. The zero-order valence-electron chi connectivity index (χ0n) is 15.2. The lowest BCUT2D eigenvalue weighted by Crippen LogP contribution is -2.16. The van der Waals surface area contributed by atoms with Gasteiger partial charge in [-0.3, -0.25) is 5.41 Å². The van der Waals surface area contributed by atoms with Crippen LogP contribution in [0, 0.1) is 23.2 Å². The Balaban J connectivity index is 3.99. The van der Waals surface area contributed by atoms with Crippen molar-refractivity contribution in [3.05, 3.63) is 0 Å². The summed E-state index contributed by atoms with van der Waals surface area (Å²) in [5.74, 6) is 2.49. The summed E-state index contributed by atoms with van der Waals surface area (Å²) in [7, 11) is 1.65. The molecule has 1 N–H and O–H groups in total. The number of hydrogen-bond donors (Lipinski definition) is 1. The minimum Gasteiger partial charge on any atom is -0.484 e. The van der Waals surface area contributed by atoms with Crippen molar-refractivity contribution in [1.82, 2.24) is 0 Å². The van der Waals surface area contributed by atoms with Crippen LogP contribution in [0.25, 0.3) is 0 Å². The molecule has 0 aliphatic heterocycles. The molecular formula is C19H39NO. The van der Waals surface area contributed by atoms with Crippen LogP contribution in [0.4, 0.5) is 0 Å². The van der Waals surface area contributed by atoms with Crippen LogP contribution in [-0.2, 0) is 4.74 Å². The Kier molecular flexibility index (Phi) is 12.8. The lowest BCUT2D eigenvalue weighted by Gasteiger charge is -2.19. The largest absolute Gasteiger partial charge is 0.484 e. The Morgan fingerprint density at radius 3 is 1.86 bits per heavy atom. The van der Waals surface area contributed by atoms with E-state index in [1.165, 1.54) is 51.4 Å². The molecule has 0 saturated carbocycles. The lowest BCUT2D eigenvalue weighted by molar-refractivity contribution is 0.326. The van der Waals surface area contributed by atoms with Gasteiger partial charge in [0.2, 0.25) is 0 Å². The van der Waals surface area contributed by atoms with Gasteiger partial charge < -0.3 is 4.74 Å². The van der Waals surface area contributed by atoms with Gasteiger partial charge in [-0.05, 0) is 31.1 Å². The summed E-state index contributed by atoms with van der Waals surface area (Å²) in [6, 6.07) is 0. The van der Waals surface area contributed by atoms with E-state index in [9.17, 15) is 0 Å². The second-order valence-corrected chi connectivity index (χ2v) is 6.91. The molecule has 0 radical (unpaired) electrons. The van der Waals surface area contributed by atoms with Crippen LogP contribution in [0.5, 0.6) is 0 Å². The predicted octanol–water partition coefficient (Wildman–Crippen LogP) is 6.44. The van der Waals surface area contributed by atoms with Gasteiger partial charge in [-0.2, -0.15) is 0 Å².